The van der Waals surface area contributed by atoms with E-state index in [1.165, 1.54) is 6.07 Å². The van der Waals surface area contributed by atoms with Gasteiger partial charge in [-0.25, -0.2) is 8.78 Å². The molecule has 1 rings (SSSR count). The van der Waals surface area contributed by atoms with Crippen LogP contribution in [0.15, 0.2) is 18.2 Å². The average molecular weight is 256 g/mol. The van der Waals surface area contributed by atoms with Crippen molar-refractivity contribution in [2.45, 2.75) is 39.3 Å². The summed E-state index contributed by atoms with van der Waals surface area (Å²) in [7, 11) is 0. The molecule has 1 unspecified atom stereocenters. The zero-order valence-corrected chi connectivity index (χ0v) is 11.3. The standard InChI is InChI=1S/C14H22F2N2/c1-4-7-18(10(2)3)14(9-17)11-5-6-12(15)13(16)8-11/h5-6,8,10,14H,4,7,9,17H2,1-3H3. The molecule has 0 aliphatic heterocycles. The number of benzene rings is 1. The van der Waals surface area contributed by atoms with E-state index in [-0.39, 0.29) is 6.04 Å². The predicted octanol–water partition coefficient (Wildman–Crippen LogP) is 3.09. The largest absolute Gasteiger partial charge is 0.329 e. The second-order valence-corrected chi connectivity index (χ2v) is 4.76. The molecule has 0 fully saturated rings. The van der Waals surface area contributed by atoms with Crippen LogP contribution in [0.3, 0.4) is 0 Å². The molecule has 0 saturated carbocycles. The van der Waals surface area contributed by atoms with Crippen LogP contribution in [0.5, 0.6) is 0 Å². The Morgan fingerprint density at radius 1 is 1.22 bits per heavy atom. The molecule has 0 spiro atoms. The molecule has 0 aliphatic rings. The molecule has 0 amide bonds. The van der Waals surface area contributed by atoms with Crippen molar-refractivity contribution in [3.8, 4) is 0 Å². The Morgan fingerprint density at radius 3 is 2.33 bits per heavy atom. The number of rotatable bonds is 6. The van der Waals surface area contributed by atoms with Crippen molar-refractivity contribution in [3.05, 3.63) is 35.4 Å². The smallest absolute Gasteiger partial charge is 0.159 e. The number of hydrogen-bond acceptors (Lipinski definition) is 2. The zero-order valence-electron chi connectivity index (χ0n) is 11.3. The normalized spacial score (nSPS) is 13.3. The van der Waals surface area contributed by atoms with E-state index < -0.39 is 11.6 Å². The molecular formula is C14H22F2N2. The predicted molar refractivity (Wildman–Crippen MR) is 70.3 cm³/mol. The highest BCUT2D eigenvalue weighted by Crippen LogP contribution is 2.23. The molecule has 0 bridgehead atoms. The topological polar surface area (TPSA) is 29.3 Å². The Labute approximate surface area is 108 Å². The van der Waals surface area contributed by atoms with Gasteiger partial charge in [-0.15, -0.1) is 0 Å². The quantitative estimate of drug-likeness (QED) is 0.847. The van der Waals surface area contributed by atoms with Gasteiger partial charge in [0.25, 0.3) is 0 Å². The molecular weight excluding hydrogens is 234 g/mol. The first-order chi connectivity index (χ1) is 8.51. The fourth-order valence-electron chi connectivity index (χ4n) is 2.21. The SMILES string of the molecule is CCCN(C(C)C)C(CN)c1ccc(F)c(F)c1. The Morgan fingerprint density at radius 2 is 1.89 bits per heavy atom. The molecule has 0 aromatic heterocycles. The number of hydrogen-bond donors (Lipinski definition) is 1. The van der Waals surface area contributed by atoms with Crippen molar-refractivity contribution in [2.24, 2.45) is 5.73 Å². The summed E-state index contributed by atoms with van der Waals surface area (Å²) in [6.07, 6.45) is 0.998. The van der Waals surface area contributed by atoms with Crippen molar-refractivity contribution < 1.29 is 8.78 Å². The lowest BCUT2D eigenvalue weighted by atomic mass is 10.0. The van der Waals surface area contributed by atoms with Gasteiger partial charge in [-0.2, -0.15) is 0 Å². The maximum atomic E-state index is 13.3. The number of nitrogens with zero attached hydrogens (tertiary/aromatic N) is 1. The minimum atomic E-state index is -0.818. The number of halogens is 2. The van der Waals surface area contributed by atoms with Gasteiger partial charge in [0.05, 0.1) is 0 Å². The van der Waals surface area contributed by atoms with E-state index in [1.807, 2.05) is 0 Å². The third-order valence-electron chi connectivity index (χ3n) is 3.10. The summed E-state index contributed by atoms with van der Waals surface area (Å²) in [6.45, 7) is 7.53. The lowest BCUT2D eigenvalue weighted by Crippen LogP contribution is -2.39. The summed E-state index contributed by atoms with van der Waals surface area (Å²) < 4.78 is 26.2. The monoisotopic (exact) mass is 256 g/mol. The van der Waals surface area contributed by atoms with Crippen LogP contribution in [0.1, 0.15) is 38.8 Å². The van der Waals surface area contributed by atoms with Crippen molar-refractivity contribution in [3.63, 3.8) is 0 Å². The molecule has 102 valence electrons. The molecule has 0 radical (unpaired) electrons. The highest BCUT2D eigenvalue weighted by Gasteiger charge is 2.21. The van der Waals surface area contributed by atoms with Gasteiger partial charge in [-0.3, -0.25) is 4.90 Å². The van der Waals surface area contributed by atoms with E-state index in [2.05, 4.69) is 25.7 Å². The van der Waals surface area contributed by atoms with Gasteiger partial charge in [0, 0.05) is 18.6 Å². The third kappa shape index (κ3) is 3.50. The van der Waals surface area contributed by atoms with Crippen molar-refractivity contribution >= 4 is 0 Å². The lowest BCUT2D eigenvalue weighted by Gasteiger charge is -2.34. The first-order valence-electron chi connectivity index (χ1n) is 6.42. The molecule has 4 heteroatoms. The second-order valence-electron chi connectivity index (χ2n) is 4.76. The summed E-state index contributed by atoms with van der Waals surface area (Å²) in [6, 6.07) is 4.27. The lowest BCUT2D eigenvalue weighted by molar-refractivity contribution is 0.157. The van der Waals surface area contributed by atoms with Crippen LogP contribution >= 0.6 is 0 Å². The van der Waals surface area contributed by atoms with Crippen LogP contribution in [0.4, 0.5) is 8.78 Å². The molecule has 1 aromatic rings. The van der Waals surface area contributed by atoms with Crippen LogP contribution in [0.25, 0.3) is 0 Å². The summed E-state index contributed by atoms with van der Waals surface area (Å²) in [5, 5.41) is 0. The van der Waals surface area contributed by atoms with Crippen LogP contribution in [-0.4, -0.2) is 24.0 Å². The molecule has 0 saturated heterocycles. The number of nitrogens with two attached hydrogens (primary N) is 1. The van der Waals surface area contributed by atoms with Gasteiger partial charge in [0.2, 0.25) is 0 Å². The van der Waals surface area contributed by atoms with Crippen molar-refractivity contribution in [2.75, 3.05) is 13.1 Å². The molecule has 1 atom stereocenters. The Bertz CT molecular complexity index is 380. The van der Waals surface area contributed by atoms with Gasteiger partial charge in [0.1, 0.15) is 0 Å². The van der Waals surface area contributed by atoms with E-state index in [1.54, 1.807) is 6.07 Å². The van der Waals surface area contributed by atoms with Crippen LogP contribution in [0, 0.1) is 11.6 Å². The third-order valence-corrected chi connectivity index (χ3v) is 3.10. The van der Waals surface area contributed by atoms with E-state index in [9.17, 15) is 8.78 Å². The molecule has 2 nitrogen and oxygen atoms in total. The van der Waals surface area contributed by atoms with Gasteiger partial charge in [0.15, 0.2) is 11.6 Å². The maximum absolute atomic E-state index is 13.3. The van der Waals surface area contributed by atoms with Gasteiger partial charge in [-0.1, -0.05) is 13.0 Å². The van der Waals surface area contributed by atoms with Gasteiger partial charge < -0.3 is 5.73 Å². The Hall–Kier alpha value is -1.00. The minimum Gasteiger partial charge on any atom is -0.329 e. The summed E-state index contributed by atoms with van der Waals surface area (Å²) in [5.74, 6) is -1.63. The summed E-state index contributed by atoms with van der Waals surface area (Å²) in [5.41, 5.74) is 6.54. The van der Waals surface area contributed by atoms with Gasteiger partial charge >= 0.3 is 0 Å². The zero-order chi connectivity index (χ0) is 13.7. The van der Waals surface area contributed by atoms with Crippen LogP contribution in [0.2, 0.25) is 0 Å². The Balaban J connectivity index is 3.02. The highest BCUT2D eigenvalue weighted by molar-refractivity contribution is 5.22. The second kappa shape index (κ2) is 6.81. The van der Waals surface area contributed by atoms with E-state index in [4.69, 9.17) is 5.73 Å². The van der Waals surface area contributed by atoms with E-state index >= 15 is 0 Å². The first-order valence-corrected chi connectivity index (χ1v) is 6.42. The average Bonchev–Trinajstić information content (AvgIpc) is 2.33. The highest BCUT2D eigenvalue weighted by atomic mass is 19.2. The summed E-state index contributed by atoms with van der Waals surface area (Å²) >= 11 is 0. The minimum absolute atomic E-state index is 0.0694. The molecule has 18 heavy (non-hydrogen) atoms. The fraction of sp³-hybridized carbons (Fsp3) is 0.571. The maximum Gasteiger partial charge on any atom is 0.159 e. The molecule has 0 aliphatic carbocycles. The first kappa shape index (κ1) is 15.1. The Kier molecular flexibility index (Phi) is 5.69. The van der Waals surface area contributed by atoms with E-state index in [0.717, 1.165) is 24.6 Å². The fourth-order valence-corrected chi connectivity index (χ4v) is 2.21. The van der Waals surface area contributed by atoms with Crippen LogP contribution in [-0.2, 0) is 0 Å². The summed E-state index contributed by atoms with van der Waals surface area (Å²) in [4.78, 5) is 2.21. The van der Waals surface area contributed by atoms with Crippen molar-refractivity contribution in [1.82, 2.24) is 4.90 Å². The van der Waals surface area contributed by atoms with E-state index in [0.29, 0.717) is 12.6 Å². The molecule has 2 N–H and O–H groups in total. The molecule has 1 aromatic carbocycles. The molecule has 0 heterocycles. The van der Waals surface area contributed by atoms with Gasteiger partial charge in [-0.05, 0) is 44.5 Å². The van der Waals surface area contributed by atoms with Crippen molar-refractivity contribution in [1.29, 1.82) is 0 Å². The van der Waals surface area contributed by atoms with Crippen LogP contribution < -0.4 is 5.73 Å².